The zero-order valence-corrected chi connectivity index (χ0v) is 9.09. The van der Waals surface area contributed by atoms with Gasteiger partial charge < -0.3 is 5.11 Å². The lowest BCUT2D eigenvalue weighted by Crippen LogP contribution is -2.20. The van der Waals surface area contributed by atoms with Crippen LogP contribution in [0.5, 0.6) is 0 Å². The molecule has 1 saturated carbocycles. The summed E-state index contributed by atoms with van der Waals surface area (Å²) in [5.74, 6) is 0.451. The van der Waals surface area contributed by atoms with Crippen molar-refractivity contribution in [2.75, 3.05) is 0 Å². The molecule has 1 atom stereocenters. The smallest absolute Gasteiger partial charge is 0.0821 e. The van der Waals surface area contributed by atoms with E-state index in [1.54, 1.807) is 0 Å². The van der Waals surface area contributed by atoms with E-state index in [0.717, 1.165) is 29.0 Å². The lowest BCUT2D eigenvalue weighted by Gasteiger charge is -2.31. The minimum absolute atomic E-state index is 0.317. The minimum Gasteiger partial charge on any atom is -0.388 e. The van der Waals surface area contributed by atoms with Crippen molar-refractivity contribution in [1.82, 2.24) is 0 Å². The Labute approximate surface area is 89.7 Å². The summed E-state index contributed by atoms with van der Waals surface area (Å²) in [6.07, 6.45) is 3.23. The molecular weight excluding hydrogens is 196 g/mol. The van der Waals surface area contributed by atoms with E-state index < -0.39 is 0 Å². The lowest BCUT2D eigenvalue weighted by atomic mass is 9.78. The molecule has 1 unspecified atom stereocenters. The van der Waals surface area contributed by atoms with Gasteiger partial charge in [-0.15, -0.1) is 0 Å². The highest BCUT2D eigenvalue weighted by molar-refractivity contribution is 6.31. The summed E-state index contributed by atoms with van der Waals surface area (Å²) < 4.78 is 0. The summed E-state index contributed by atoms with van der Waals surface area (Å²) in [5, 5.41) is 10.8. The maximum absolute atomic E-state index is 10.1. The number of rotatable bonds is 2. The van der Waals surface area contributed by atoms with Gasteiger partial charge in [0.1, 0.15) is 0 Å². The summed E-state index contributed by atoms with van der Waals surface area (Å²) in [7, 11) is 0. The first-order valence-electron chi connectivity index (χ1n) is 5.13. The molecule has 0 bridgehead atoms. The van der Waals surface area contributed by atoms with Crippen molar-refractivity contribution in [1.29, 1.82) is 0 Å². The van der Waals surface area contributed by atoms with E-state index >= 15 is 0 Å². The molecule has 1 fully saturated rings. The predicted octanol–water partition coefficient (Wildman–Crippen LogP) is 3.48. The van der Waals surface area contributed by atoms with Crippen LogP contribution in [0.1, 0.15) is 36.5 Å². The number of hydrogen-bond acceptors (Lipinski definition) is 1. The third-order valence-corrected chi connectivity index (χ3v) is 3.63. The summed E-state index contributed by atoms with van der Waals surface area (Å²) in [6, 6.07) is 5.75. The number of aliphatic hydroxyl groups is 1. The van der Waals surface area contributed by atoms with Crippen LogP contribution in [0.3, 0.4) is 0 Å². The Kier molecular flexibility index (Phi) is 2.80. The van der Waals surface area contributed by atoms with Crippen molar-refractivity contribution < 1.29 is 5.11 Å². The second-order valence-corrected chi connectivity index (χ2v) is 4.50. The Morgan fingerprint density at radius 2 is 2.14 bits per heavy atom. The van der Waals surface area contributed by atoms with Gasteiger partial charge in [-0.3, -0.25) is 0 Å². The molecule has 1 aromatic carbocycles. The average Bonchev–Trinajstić information content (AvgIpc) is 2.06. The first kappa shape index (κ1) is 10.0. The highest BCUT2D eigenvalue weighted by atomic mass is 35.5. The molecule has 76 valence electrons. The Balaban J connectivity index is 2.26. The number of hydrogen-bond donors (Lipinski definition) is 1. The van der Waals surface area contributed by atoms with Crippen molar-refractivity contribution in [2.45, 2.75) is 32.3 Å². The zero-order chi connectivity index (χ0) is 10.1. The number of aliphatic hydroxyl groups excluding tert-OH is 1. The fraction of sp³-hybridized carbons (Fsp3) is 0.500. The minimum atomic E-state index is -0.317. The summed E-state index contributed by atoms with van der Waals surface area (Å²) in [6.45, 7) is 1.97. The highest BCUT2D eigenvalue weighted by Crippen LogP contribution is 2.39. The van der Waals surface area contributed by atoms with Crippen LogP contribution in [0, 0.1) is 12.8 Å². The van der Waals surface area contributed by atoms with E-state index in [-0.39, 0.29) is 6.10 Å². The SMILES string of the molecule is Cc1c(Cl)cccc1C(O)C1CCC1. The third-order valence-electron chi connectivity index (χ3n) is 3.22. The second-order valence-electron chi connectivity index (χ2n) is 4.09. The fourth-order valence-corrected chi connectivity index (χ4v) is 2.14. The molecule has 0 aliphatic heterocycles. The molecule has 1 aliphatic carbocycles. The topological polar surface area (TPSA) is 20.2 Å². The molecule has 2 rings (SSSR count). The van der Waals surface area contributed by atoms with E-state index in [0.29, 0.717) is 5.92 Å². The molecular formula is C12H15ClO. The predicted molar refractivity (Wildman–Crippen MR) is 58.5 cm³/mol. The van der Waals surface area contributed by atoms with Gasteiger partial charge in [-0.25, -0.2) is 0 Å². The molecule has 1 N–H and O–H groups in total. The van der Waals surface area contributed by atoms with Crippen LogP contribution < -0.4 is 0 Å². The monoisotopic (exact) mass is 210 g/mol. The van der Waals surface area contributed by atoms with Crippen LogP contribution in [-0.4, -0.2) is 5.11 Å². The van der Waals surface area contributed by atoms with Crippen molar-refractivity contribution in [3.63, 3.8) is 0 Å². The van der Waals surface area contributed by atoms with E-state index in [9.17, 15) is 5.11 Å². The summed E-state index contributed by atoms with van der Waals surface area (Å²) in [4.78, 5) is 0. The van der Waals surface area contributed by atoms with E-state index in [1.807, 2.05) is 25.1 Å². The van der Waals surface area contributed by atoms with Gasteiger partial charge in [0.25, 0.3) is 0 Å². The molecule has 0 aromatic heterocycles. The van der Waals surface area contributed by atoms with Gasteiger partial charge in [-0.05, 0) is 42.9 Å². The van der Waals surface area contributed by atoms with Gasteiger partial charge in [-0.2, -0.15) is 0 Å². The maximum atomic E-state index is 10.1. The highest BCUT2D eigenvalue weighted by Gasteiger charge is 2.27. The average molecular weight is 211 g/mol. The molecule has 0 spiro atoms. The molecule has 1 nitrogen and oxygen atoms in total. The normalized spacial score (nSPS) is 19.1. The zero-order valence-electron chi connectivity index (χ0n) is 8.33. The largest absolute Gasteiger partial charge is 0.388 e. The van der Waals surface area contributed by atoms with Crippen LogP contribution in [-0.2, 0) is 0 Å². The second kappa shape index (κ2) is 3.92. The van der Waals surface area contributed by atoms with Gasteiger partial charge in [0, 0.05) is 5.02 Å². The first-order valence-corrected chi connectivity index (χ1v) is 5.51. The number of halogens is 1. The van der Waals surface area contributed by atoms with Crippen molar-refractivity contribution in [3.05, 3.63) is 34.3 Å². The van der Waals surface area contributed by atoms with Gasteiger partial charge in [0.05, 0.1) is 6.10 Å². The van der Waals surface area contributed by atoms with E-state index in [4.69, 9.17) is 11.6 Å². The molecule has 1 aliphatic rings. The molecule has 0 amide bonds. The van der Waals surface area contributed by atoms with E-state index in [2.05, 4.69) is 0 Å². The first-order chi connectivity index (χ1) is 6.70. The molecule has 14 heavy (non-hydrogen) atoms. The fourth-order valence-electron chi connectivity index (χ4n) is 1.95. The lowest BCUT2D eigenvalue weighted by molar-refractivity contribution is 0.0616. The van der Waals surface area contributed by atoms with Crippen molar-refractivity contribution in [2.24, 2.45) is 5.92 Å². The third kappa shape index (κ3) is 1.67. The van der Waals surface area contributed by atoms with Crippen LogP contribution in [0.15, 0.2) is 18.2 Å². The molecule has 0 heterocycles. The standard InChI is InChI=1S/C12H15ClO/c1-8-10(6-3-7-11(8)13)12(14)9-4-2-5-9/h3,6-7,9,12,14H,2,4-5H2,1H3. The van der Waals surface area contributed by atoms with Crippen LogP contribution in [0.4, 0.5) is 0 Å². The maximum Gasteiger partial charge on any atom is 0.0821 e. The molecule has 2 heteroatoms. The summed E-state index contributed by atoms with van der Waals surface area (Å²) in [5.41, 5.74) is 2.02. The van der Waals surface area contributed by atoms with Gasteiger partial charge >= 0.3 is 0 Å². The van der Waals surface area contributed by atoms with Gasteiger partial charge in [-0.1, -0.05) is 30.2 Å². The van der Waals surface area contributed by atoms with Crippen LogP contribution >= 0.6 is 11.6 Å². The van der Waals surface area contributed by atoms with Crippen molar-refractivity contribution in [3.8, 4) is 0 Å². The van der Waals surface area contributed by atoms with Crippen molar-refractivity contribution >= 4 is 11.6 Å². The van der Waals surface area contributed by atoms with Gasteiger partial charge in [0.15, 0.2) is 0 Å². The van der Waals surface area contributed by atoms with E-state index in [1.165, 1.54) is 6.42 Å². The molecule has 1 aromatic rings. The van der Waals surface area contributed by atoms with Gasteiger partial charge in [0.2, 0.25) is 0 Å². The Bertz CT molecular complexity index is 331. The summed E-state index contributed by atoms with van der Waals surface area (Å²) >= 11 is 6.01. The quantitative estimate of drug-likeness (QED) is 0.793. The number of benzene rings is 1. The Morgan fingerprint density at radius 1 is 1.43 bits per heavy atom. The van der Waals surface area contributed by atoms with Crippen LogP contribution in [0.25, 0.3) is 0 Å². The molecule has 0 radical (unpaired) electrons. The Morgan fingerprint density at radius 3 is 2.71 bits per heavy atom. The Hall–Kier alpha value is -0.530. The van der Waals surface area contributed by atoms with Crippen LogP contribution in [0.2, 0.25) is 5.02 Å². The molecule has 0 saturated heterocycles.